The fraction of sp³-hybridized carbons (Fsp3) is 0.0769. The molecule has 0 radical (unpaired) electrons. The summed E-state index contributed by atoms with van der Waals surface area (Å²) in [6.07, 6.45) is 0. The number of halogens is 1. The Morgan fingerprint density at radius 3 is 2.09 bits per heavy atom. The number of hydrogen-bond acceptors (Lipinski definition) is 2. The molecule has 9 rings (SSSR count). The van der Waals surface area contributed by atoms with Gasteiger partial charge in [-0.3, -0.25) is 4.57 Å². The van der Waals surface area contributed by atoms with Gasteiger partial charge in [0.2, 0.25) is 5.95 Å². The summed E-state index contributed by atoms with van der Waals surface area (Å²) in [5, 5.41) is 5.98. The van der Waals surface area contributed by atoms with Gasteiger partial charge in [-0.25, -0.2) is 9.97 Å². The fourth-order valence-electron chi connectivity index (χ4n) is 7.10. The maximum absolute atomic E-state index is 5.28. The van der Waals surface area contributed by atoms with Gasteiger partial charge < -0.3 is 0 Å². The lowest BCUT2D eigenvalue weighted by Gasteiger charge is -2.22. The van der Waals surface area contributed by atoms with E-state index < -0.39 is 0 Å². The molecule has 8 aromatic rings. The van der Waals surface area contributed by atoms with E-state index in [1.165, 1.54) is 43.8 Å². The first-order valence-electron chi connectivity index (χ1n) is 14.6. The second-order valence-electron chi connectivity index (χ2n) is 12.0. The highest BCUT2D eigenvalue weighted by Crippen LogP contribution is 2.52. The van der Waals surface area contributed by atoms with E-state index in [0.29, 0.717) is 5.95 Å². The van der Waals surface area contributed by atoms with Gasteiger partial charge in [0.15, 0.2) is 0 Å². The van der Waals surface area contributed by atoms with Crippen LogP contribution in [0.1, 0.15) is 25.0 Å². The second kappa shape index (κ2) is 8.85. The monoisotopic (exact) mass is 615 g/mol. The summed E-state index contributed by atoms with van der Waals surface area (Å²) in [6, 6.07) is 43.5. The standard InChI is InChI=1S/C39H26BrN3/c1-39(2)32-19-25-13-7-6-12-24(25)18-28(32)29-21-31-30-20-26(40)16-17-35(30)43(36(31)22-33(29)39)38-41-34-15-9-8-14-27(34)37(42-38)23-10-4-3-5-11-23/h3-22H,1-2H3. The molecule has 3 nitrogen and oxygen atoms in total. The van der Waals surface area contributed by atoms with Crippen LogP contribution in [0.3, 0.4) is 0 Å². The smallest absolute Gasteiger partial charge is 0.235 e. The molecule has 0 fully saturated rings. The number of rotatable bonds is 2. The summed E-state index contributed by atoms with van der Waals surface area (Å²) < 4.78 is 3.31. The summed E-state index contributed by atoms with van der Waals surface area (Å²) >= 11 is 3.75. The van der Waals surface area contributed by atoms with Crippen LogP contribution in [0.2, 0.25) is 0 Å². The highest BCUT2D eigenvalue weighted by molar-refractivity contribution is 9.10. The maximum Gasteiger partial charge on any atom is 0.235 e. The molecule has 2 heterocycles. The van der Waals surface area contributed by atoms with E-state index in [0.717, 1.165) is 37.7 Å². The molecule has 4 heteroatoms. The number of hydrogen-bond donors (Lipinski definition) is 0. The topological polar surface area (TPSA) is 30.7 Å². The molecule has 0 saturated heterocycles. The fourth-order valence-corrected chi connectivity index (χ4v) is 7.46. The predicted octanol–water partition coefficient (Wildman–Crippen LogP) is 10.6. The molecule has 0 spiro atoms. The van der Waals surface area contributed by atoms with Crippen LogP contribution in [0.15, 0.2) is 126 Å². The molecule has 1 aliphatic carbocycles. The van der Waals surface area contributed by atoms with Crippen LogP contribution in [0, 0.1) is 0 Å². The largest absolute Gasteiger partial charge is 0.278 e. The summed E-state index contributed by atoms with van der Waals surface area (Å²) in [4.78, 5) is 10.5. The van der Waals surface area contributed by atoms with Gasteiger partial charge in [-0.05, 0) is 81.6 Å². The van der Waals surface area contributed by atoms with Gasteiger partial charge in [0.1, 0.15) is 0 Å². The minimum atomic E-state index is -0.149. The third-order valence-electron chi connectivity index (χ3n) is 9.23. The molecular formula is C39H26BrN3. The van der Waals surface area contributed by atoms with Crippen LogP contribution in [-0.2, 0) is 5.41 Å². The Morgan fingerprint density at radius 2 is 1.26 bits per heavy atom. The SMILES string of the molecule is CC1(C)c2cc3ccccc3cc2-c2cc3c4cc(Br)ccc4n(-c4nc(-c5ccccc5)c5ccccc5n4)c3cc21. The number of aromatic nitrogens is 3. The van der Waals surface area contributed by atoms with Gasteiger partial charge in [-0.1, -0.05) is 103 Å². The van der Waals surface area contributed by atoms with E-state index in [1.54, 1.807) is 0 Å². The van der Waals surface area contributed by atoms with E-state index in [2.05, 4.69) is 144 Å². The molecule has 43 heavy (non-hydrogen) atoms. The zero-order chi connectivity index (χ0) is 28.9. The van der Waals surface area contributed by atoms with E-state index in [-0.39, 0.29) is 5.41 Å². The summed E-state index contributed by atoms with van der Waals surface area (Å²) in [7, 11) is 0. The van der Waals surface area contributed by atoms with Crippen molar-refractivity contribution in [3.63, 3.8) is 0 Å². The van der Waals surface area contributed by atoms with Crippen LogP contribution < -0.4 is 0 Å². The zero-order valence-corrected chi connectivity index (χ0v) is 25.4. The van der Waals surface area contributed by atoms with Crippen LogP contribution in [0.4, 0.5) is 0 Å². The van der Waals surface area contributed by atoms with Crippen molar-refractivity contribution in [3.05, 3.63) is 137 Å². The number of nitrogens with zero attached hydrogens (tertiary/aromatic N) is 3. The van der Waals surface area contributed by atoms with Gasteiger partial charge in [0.05, 0.1) is 22.2 Å². The molecule has 2 aromatic heterocycles. The first-order valence-corrected chi connectivity index (χ1v) is 15.4. The highest BCUT2D eigenvalue weighted by atomic mass is 79.9. The number of fused-ring (bicyclic) bond motifs is 8. The Balaban J connectivity index is 1.39. The van der Waals surface area contributed by atoms with Gasteiger partial charge in [0, 0.05) is 31.6 Å². The molecule has 0 bridgehead atoms. The van der Waals surface area contributed by atoms with Crippen molar-refractivity contribution in [3.8, 4) is 28.3 Å². The van der Waals surface area contributed by atoms with Crippen molar-refractivity contribution < 1.29 is 0 Å². The van der Waals surface area contributed by atoms with Crippen molar-refractivity contribution in [2.45, 2.75) is 19.3 Å². The summed E-state index contributed by atoms with van der Waals surface area (Å²) in [5.41, 5.74) is 10.3. The van der Waals surface area contributed by atoms with E-state index >= 15 is 0 Å². The van der Waals surface area contributed by atoms with Crippen LogP contribution in [0.5, 0.6) is 0 Å². The van der Waals surface area contributed by atoms with Gasteiger partial charge in [0.25, 0.3) is 0 Å². The maximum atomic E-state index is 5.28. The number of para-hydroxylation sites is 1. The molecule has 0 N–H and O–H groups in total. The molecule has 0 aliphatic heterocycles. The van der Waals surface area contributed by atoms with Gasteiger partial charge in [-0.2, -0.15) is 0 Å². The molecule has 204 valence electrons. The molecule has 0 amide bonds. The Hall–Kier alpha value is -4.80. The molecule has 0 atom stereocenters. The van der Waals surface area contributed by atoms with Crippen LogP contribution in [-0.4, -0.2) is 14.5 Å². The Morgan fingerprint density at radius 1 is 0.581 bits per heavy atom. The lowest BCUT2D eigenvalue weighted by molar-refractivity contribution is 0.661. The average molecular weight is 617 g/mol. The van der Waals surface area contributed by atoms with Crippen LogP contribution >= 0.6 is 15.9 Å². The van der Waals surface area contributed by atoms with Crippen LogP contribution in [0.25, 0.3) is 71.8 Å². The minimum absolute atomic E-state index is 0.149. The molecular weight excluding hydrogens is 590 g/mol. The van der Waals surface area contributed by atoms with Gasteiger partial charge >= 0.3 is 0 Å². The summed E-state index contributed by atoms with van der Waals surface area (Å²) in [6.45, 7) is 4.70. The predicted molar refractivity (Wildman–Crippen MR) is 182 cm³/mol. The quantitative estimate of drug-likeness (QED) is 0.194. The van der Waals surface area contributed by atoms with E-state index in [1.807, 2.05) is 12.1 Å². The number of benzene rings is 6. The van der Waals surface area contributed by atoms with Crippen molar-refractivity contribution in [1.29, 1.82) is 0 Å². The molecule has 1 aliphatic rings. The summed E-state index contributed by atoms with van der Waals surface area (Å²) in [5.74, 6) is 0.680. The van der Waals surface area contributed by atoms with Crippen molar-refractivity contribution in [2.75, 3.05) is 0 Å². The Kier molecular flexibility index (Phi) is 5.10. The molecule has 0 saturated carbocycles. The first kappa shape index (κ1) is 24.8. The van der Waals surface area contributed by atoms with E-state index in [4.69, 9.17) is 9.97 Å². The first-order chi connectivity index (χ1) is 21.0. The third-order valence-corrected chi connectivity index (χ3v) is 9.72. The van der Waals surface area contributed by atoms with Crippen molar-refractivity contribution in [1.82, 2.24) is 14.5 Å². The normalized spacial score (nSPS) is 13.7. The lowest BCUT2D eigenvalue weighted by Crippen LogP contribution is -2.15. The van der Waals surface area contributed by atoms with Gasteiger partial charge in [-0.15, -0.1) is 0 Å². The average Bonchev–Trinajstić information content (AvgIpc) is 3.46. The molecule has 0 unspecified atom stereocenters. The second-order valence-corrected chi connectivity index (χ2v) is 13.0. The Bertz CT molecular complexity index is 2440. The molecule has 6 aromatic carbocycles. The van der Waals surface area contributed by atoms with Crippen molar-refractivity contribution >= 4 is 59.4 Å². The Labute approximate surface area is 257 Å². The van der Waals surface area contributed by atoms with E-state index in [9.17, 15) is 0 Å². The van der Waals surface area contributed by atoms with Crippen molar-refractivity contribution in [2.24, 2.45) is 0 Å². The highest BCUT2D eigenvalue weighted by Gasteiger charge is 2.37. The third kappa shape index (κ3) is 3.53. The lowest BCUT2D eigenvalue weighted by atomic mass is 9.81. The minimum Gasteiger partial charge on any atom is -0.278 e. The zero-order valence-electron chi connectivity index (χ0n) is 23.8.